The molecule has 0 fully saturated rings. The normalized spacial score (nSPS) is 11.4. The van der Waals surface area contributed by atoms with Gasteiger partial charge >= 0.3 is 35.8 Å². The lowest BCUT2D eigenvalue weighted by Crippen LogP contribution is -2.29. The molecule has 1 amide bonds. The number of amides is 1. The molecule has 0 bridgehead atoms. The Labute approximate surface area is 420 Å². The summed E-state index contributed by atoms with van der Waals surface area (Å²) in [4.78, 5) is 78.8. The van der Waals surface area contributed by atoms with E-state index in [1.54, 1.807) is 75.4 Å². The molecule has 0 aliphatic rings. The summed E-state index contributed by atoms with van der Waals surface area (Å²) in [5.41, 5.74) is 4.56. The zero-order valence-corrected chi connectivity index (χ0v) is 43.4. The second-order valence-corrected chi connectivity index (χ2v) is 17.8. The van der Waals surface area contributed by atoms with Crippen LogP contribution in [0, 0.1) is 10.8 Å². The number of esters is 4. The van der Waals surface area contributed by atoms with E-state index in [1.807, 2.05) is 76.2 Å². The fourth-order valence-corrected chi connectivity index (χ4v) is 5.49. The molecule has 71 heavy (non-hydrogen) atoms. The third-order valence-corrected chi connectivity index (χ3v) is 11.7. The van der Waals surface area contributed by atoms with E-state index >= 15 is 0 Å². The zero-order chi connectivity index (χ0) is 53.7. The molecule has 14 nitrogen and oxygen atoms in total. The Balaban J connectivity index is 0.000000479. The first-order chi connectivity index (χ1) is 33.5. The van der Waals surface area contributed by atoms with Crippen molar-refractivity contribution < 1.29 is 62.7 Å². The van der Waals surface area contributed by atoms with Gasteiger partial charge in [0.1, 0.15) is 19.0 Å². The van der Waals surface area contributed by atoms with Gasteiger partial charge in [0.25, 0.3) is 0 Å². The van der Waals surface area contributed by atoms with Crippen molar-refractivity contribution in [3.05, 3.63) is 137 Å². The molecule has 386 valence electrons. The van der Waals surface area contributed by atoms with Crippen LogP contribution in [0.3, 0.4) is 0 Å². The minimum Gasteiger partial charge on any atom is -0.481 e. The Morgan fingerprint density at radius 3 is 1.49 bits per heavy atom. The average molecular weight is 982 g/mol. The van der Waals surface area contributed by atoms with E-state index in [0.717, 1.165) is 24.8 Å². The van der Waals surface area contributed by atoms with Gasteiger partial charge in [-0.05, 0) is 136 Å². The Morgan fingerprint density at radius 1 is 0.592 bits per heavy atom. The first-order valence-corrected chi connectivity index (χ1v) is 24.0. The number of carboxylic acid groups (broad SMARTS) is 2. The summed E-state index contributed by atoms with van der Waals surface area (Å²) in [6, 6.07) is 28.7. The molecule has 0 spiro atoms. The van der Waals surface area contributed by atoms with Crippen molar-refractivity contribution >= 4 is 53.5 Å². The lowest BCUT2D eigenvalue weighted by atomic mass is 9.89. The predicted molar refractivity (Wildman–Crippen MR) is 277 cm³/mol. The molecule has 0 heterocycles. The summed E-state index contributed by atoms with van der Waals surface area (Å²) in [7, 11) is 0. The molecule has 0 saturated heterocycles. The highest BCUT2D eigenvalue weighted by molar-refractivity contribution is 5.96. The number of ether oxygens (including phenoxy) is 4. The van der Waals surface area contributed by atoms with Crippen LogP contribution in [-0.2, 0) is 33.4 Å². The van der Waals surface area contributed by atoms with Gasteiger partial charge in [0.2, 0.25) is 5.91 Å². The number of carbonyl (C=O) groups is 7. The van der Waals surface area contributed by atoms with Crippen LogP contribution in [0.25, 0.3) is 6.08 Å². The molecule has 4 rings (SSSR count). The van der Waals surface area contributed by atoms with E-state index in [9.17, 15) is 33.6 Å². The molecule has 3 N–H and O–H groups in total. The van der Waals surface area contributed by atoms with Crippen LogP contribution in [0.15, 0.2) is 104 Å². The Bertz CT molecular complexity index is 2300. The largest absolute Gasteiger partial charge is 0.481 e. The molecule has 2 unspecified atom stereocenters. The van der Waals surface area contributed by atoms with Gasteiger partial charge in [-0.1, -0.05) is 104 Å². The van der Waals surface area contributed by atoms with Crippen LogP contribution in [0.1, 0.15) is 174 Å². The molecule has 0 saturated carbocycles. The molecule has 0 aliphatic heterocycles. The maximum absolute atomic E-state index is 12.1. The van der Waals surface area contributed by atoms with Gasteiger partial charge < -0.3 is 34.5 Å². The number of carbonyl (C=O) groups excluding carboxylic acids is 5. The van der Waals surface area contributed by atoms with Crippen molar-refractivity contribution in [3.8, 4) is 5.75 Å². The number of rotatable bonds is 21. The van der Waals surface area contributed by atoms with Crippen LogP contribution in [0.5, 0.6) is 5.75 Å². The quantitative estimate of drug-likeness (QED) is 0.0308. The summed E-state index contributed by atoms with van der Waals surface area (Å²) in [6.45, 7) is 25.5. The van der Waals surface area contributed by atoms with Gasteiger partial charge in [-0.15, -0.1) is 0 Å². The maximum Gasteiger partial charge on any atom is 0.343 e. The number of nitrogens with one attached hydrogen (secondary N) is 1. The topological polar surface area (TPSA) is 209 Å². The van der Waals surface area contributed by atoms with E-state index < -0.39 is 28.7 Å². The van der Waals surface area contributed by atoms with Gasteiger partial charge in [0, 0.05) is 11.1 Å². The highest BCUT2D eigenvalue weighted by atomic mass is 16.6. The van der Waals surface area contributed by atoms with E-state index in [4.69, 9.17) is 29.2 Å². The van der Waals surface area contributed by atoms with Crippen molar-refractivity contribution in [2.24, 2.45) is 10.8 Å². The average Bonchev–Trinajstić information content (AvgIpc) is 3.37. The van der Waals surface area contributed by atoms with Crippen molar-refractivity contribution in [2.75, 3.05) is 25.1 Å². The lowest BCUT2D eigenvalue weighted by molar-refractivity contribution is -0.159. The van der Waals surface area contributed by atoms with Crippen LogP contribution >= 0.6 is 0 Å². The third-order valence-electron chi connectivity index (χ3n) is 11.7. The Kier molecular flexibility index (Phi) is 27.8. The molecule has 4 aromatic carbocycles. The first kappa shape index (κ1) is 61.9. The summed E-state index contributed by atoms with van der Waals surface area (Å²) >= 11 is 0. The molecule has 0 aliphatic carbocycles. The van der Waals surface area contributed by atoms with Crippen LogP contribution in [0.4, 0.5) is 5.69 Å². The lowest BCUT2D eigenvalue weighted by Gasteiger charge is -2.21. The second-order valence-electron chi connectivity index (χ2n) is 17.8. The molecule has 0 radical (unpaired) electrons. The smallest absolute Gasteiger partial charge is 0.343 e. The Hall–Kier alpha value is -7.09. The number of carboxylic acids is 2. The van der Waals surface area contributed by atoms with Crippen LogP contribution in [-0.4, -0.2) is 71.8 Å². The molecular weight excluding hydrogens is 907 g/mol. The van der Waals surface area contributed by atoms with E-state index in [1.165, 1.54) is 11.1 Å². The van der Waals surface area contributed by atoms with Gasteiger partial charge in [0.05, 0.1) is 41.6 Å². The van der Waals surface area contributed by atoms with E-state index in [-0.39, 0.29) is 49.9 Å². The monoisotopic (exact) mass is 982 g/mol. The standard InChI is InChI=1S/C19H20O2.C15H21NO3.C12H20O6.C11H14O2/c1-4-14(3)16-8-10-17(11-9-16)19(20)21-18-12-6-15(5-2)7-13-18;1-5-15(3,4)14(18)16-12-9-7-11(8-10-12)13(17)19-6-2;1-4-12(2,3)11(16)18-8-7-17-10(15)6-5-9(13)14;1-3-8(2)9-4-6-10(7-5-9)11(12)13/h5-14H,2,4H2,1,3H3;7-10H,5-6H2,1-4H3,(H,16,18);4-8H2,1-3H3,(H,13,14);4-8H,3H2,1-2H3,(H,12,13). The SMILES string of the molecule is C=Cc1ccc(OC(=O)c2ccc(C(C)CC)cc2)cc1.CCC(C)(C)C(=O)OCCOC(=O)CCC(=O)O.CCC(C)c1ccc(C(=O)O)cc1.CCOC(=O)c1ccc(NC(=O)C(C)(C)CC)cc1. The number of aromatic carboxylic acids is 1. The number of benzene rings is 4. The summed E-state index contributed by atoms with van der Waals surface area (Å²) in [5.74, 6) is -2.04. The number of hydrogen-bond donors (Lipinski definition) is 3. The van der Waals surface area contributed by atoms with Crippen LogP contribution < -0.4 is 10.1 Å². The fraction of sp³-hybridized carbons (Fsp3) is 0.421. The third kappa shape index (κ3) is 23.4. The highest BCUT2D eigenvalue weighted by Gasteiger charge is 2.27. The fourth-order valence-electron chi connectivity index (χ4n) is 5.49. The highest BCUT2D eigenvalue weighted by Crippen LogP contribution is 2.24. The minimum absolute atomic E-state index is 0.0128. The molecule has 2 atom stereocenters. The van der Waals surface area contributed by atoms with Crippen molar-refractivity contribution in [1.29, 1.82) is 0 Å². The maximum atomic E-state index is 12.1. The Morgan fingerprint density at radius 2 is 1.06 bits per heavy atom. The van der Waals surface area contributed by atoms with Gasteiger partial charge in [0.15, 0.2) is 0 Å². The van der Waals surface area contributed by atoms with Gasteiger partial charge in [-0.2, -0.15) is 0 Å². The molecule has 4 aromatic rings. The molecular formula is C57H75NO13. The summed E-state index contributed by atoms with van der Waals surface area (Å²) < 4.78 is 19.9. The number of aliphatic carboxylic acids is 1. The van der Waals surface area contributed by atoms with Crippen molar-refractivity contribution in [3.63, 3.8) is 0 Å². The van der Waals surface area contributed by atoms with E-state index in [0.29, 0.717) is 53.0 Å². The first-order valence-electron chi connectivity index (χ1n) is 24.0. The summed E-state index contributed by atoms with van der Waals surface area (Å²) in [5, 5.41) is 19.9. The van der Waals surface area contributed by atoms with Crippen molar-refractivity contribution in [2.45, 2.75) is 127 Å². The number of hydrogen-bond acceptors (Lipinski definition) is 11. The number of anilines is 1. The van der Waals surface area contributed by atoms with Gasteiger partial charge in [-0.25, -0.2) is 14.4 Å². The predicted octanol–water partition coefficient (Wildman–Crippen LogP) is 12.6. The van der Waals surface area contributed by atoms with Crippen molar-refractivity contribution in [1.82, 2.24) is 0 Å². The van der Waals surface area contributed by atoms with E-state index in [2.05, 4.69) is 39.6 Å². The zero-order valence-electron chi connectivity index (χ0n) is 43.4. The second kappa shape index (κ2) is 31.9. The minimum atomic E-state index is -1.05. The van der Waals surface area contributed by atoms with Gasteiger partial charge in [-0.3, -0.25) is 19.2 Å². The molecule has 0 aromatic heterocycles. The summed E-state index contributed by atoms with van der Waals surface area (Å²) in [6.07, 6.45) is 4.89. The molecule has 14 heteroatoms. The van der Waals surface area contributed by atoms with Crippen LogP contribution in [0.2, 0.25) is 0 Å².